The summed E-state index contributed by atoms with van der Waals surface area (Å²) in [4.78, 5) is 4.23. The summed E-state index contributed by atoms with van der Waals surface area (Å²) >= 11 is 5.87. The molecule has 0 aliphatic carbocycles. The molecule has 0 aliphatic rings. The van der Waals surface area contributed by atoms with E-state index in [0.717, 1.165) is 6.26 Å². The Hall–Kier alpha value is -0.880. The van der Waals surface area contributed by atoms with Crippen molar-refractivity contribution in [2.45, 2.75) is 20.1 Å². The Morgan fingerprint density at radius 2 is 2.04 bits per heavy atom. The summed E-state index contributed by atoms with van der Waals surface area (Å²) in [6.45, 7) is -0.327. The van der Waals surface area contributed by atoms with Crippen molar-refractivity contribution < 1.29 is 21.9 Å². The maximum Gasteiger partial charge on any atom is 0.387 e. The minimum absolute atomic E-state index is 0. The quantitative estimate of drug-likeness (QED) is 0.319. The first kappa shape index (κ1) is 24.1. The molecule has 0 aromatic heterocycles. The molecule has 1 aromatic rings. The topological polar surface area (TPSA) is 79.8 Å². The van der Waals surface area contributed by atoms with Gasteiger partial charge in [0.2, 0.25) is 0 Å². The zero-order valence-corrected chi connectivity index (χ0v) is 17.7. The van der Waals surface area contributed by atoms with E-state index in [9.17, 15) is 17.2 Å². The van der Waals surface area contributed by atoms with Gasteiger partial charge in [-0.1, -0.05) is 11.6 Å². The zero-order chi connectivity index (χ0) is 18.2. The fourth-order valence-corrected chi connectivity index (χ4v) is 2.41. The molecule has 0 bridgehead atoms. The lowest BCUT2D eigenvalue weighted by molar-refractivity contribution is -0.0504. The molecule has 11 heteroatoms. The third-order valence-corrected chi connectivity index (χ3v) is 3.94. The van der Waals surface area contributed by atoms with E-state index in [0.29, 0.717) is 23.1 Å². The van der Waals surface area contributed by atoms with Gasteiger partial charge in [0.1, 0.15) is 15.6 Å². The summed E-state index contributed by atoms with van der Waals surface area (Å²) in [5.41, 5.74) is 0.392. The highest BCUT2D eigenvalue weighted by atomic mass is 127. The van der Waals surface area contributed by atoms with Gasteiger partial charge in [-0.05, 0) is 25.1 Å². The number of guanidine groups is 1. The van der Waals surface area contributed by atoms with Crippen LogP contribution in [0.2, 0.25) is 5.02 Å². The molecule has 0 fully saturated rings. The first-order chi connectivity index (χ1) is 11.2. The lowest BCUT2D eigenvalue weighted by Gasteiger charge is -2.12. The number of halogens is 4. The number of aliphatic imine (C=N–C) groups is 1. The minimum Gasteiger partial charge on any atom is -0.434 e. The lowest BCUT2D eigenvalue weighted by Crippen LogP contribution is -2.39. The van der Waals surface area contributed by atoms with Crippen LogP contribution in [0.4, 0.5) is 8.78 Å². The summed E-state index contributed by atoms with van der Waals surface area (Å²) in [5.74, 6) is 0.308. The molecule has 25 heavy (non-hydrogen) atoms. The van der Waals surface area contributed by atoms with Crippen LogP contribution in [-0.4, -0.2) is 46.1 Å². The Balaban J connectivity index is 0.00000576. The normalized spacial score (nSPS) is 11.8. The van der Waals surface area contributed by atoms with Crippen molar-refractivity contribution in [1.82, 2.24) is 10.6 Å². The van der Waals surface area contributed by atoms with Gasteiger partial charge in [-0.15, -0.1) is 24.0 Å². The van der Waals surface area contributed by atoms with E-state index in [2.05, 4.69) is 20.4 Å². The van der Waals surface area contributed by atoms with Gasteiger partial charge in [0, 0.05) is 29.9 Å². The fraction of sp³-hybridized carbons (Fsp3) is 0.500. The molecule has 6 nitrogen and oxygen atoms in total. The highest BCUT2D eigenvalue weighted by molar-refractivity contribution is 14.0. The molecule has 0 saturated carbocycles. The molecule has 0 heterocycles. The summed E-state index contributed by atoms with van der Waals surface area (Å²) in [7, 11) is -3.09. The van der Waals surface area contributed by atoms with Crippen LogP contribution >= 0.6 is 35.6 Å². The molecular weight excluding hydrogens is 491 g/mol. The van der Waals surface area contributed by atoms with Crippen molar-refractivity contribution in [3.63, 3.8) is 0 Å². The highest BCUT2D eigenvalue weighted by Gasteiger charge is 2.10. The van der Waals surface area contributed by atoms with Crippen molar-refractivity contribution in [3.8, 4) is 5.75 Å². The van der Waals surface area contributed by atoms with E-state index in [1.54, 1.807) is 0 Å². The third kappa shape index (κ3) is 10.6. The Bertz CT molecular complexity index is 675. The fourth-order valence-electron chi connectivity index (χ4n) is 1.74. The van der Waals surface area contributed by atoms with E-state index in [4.69, 9.17) is 11.6 Å². The third-order valence-electron chi connectivity index (χ3n) is 2.76. The van der Waals surface area contributed by atoms with E-state index in [-0.39, 0.29) is 48.6 Å². The SMILES string of the molecule is CCNC(=NCc1cc(Cl)ccc1OC(F)F)NCCS(C)(=O)=O.I. The van der Waals surface area contributed by atoms with Crippen LogP contribution in [0.5, 0.6) is 5.75 Å². The summed E-state index contributed by atoms with van der Waals surface area (Å²) in [6.07, 6.45) is 1.14. The van der Waals surface area contributed by atoms with Gasteiger partial charge in [-0.2, -0.15) is 8.78 Å². The first-order valence-corrected chi connectivity index (χ1v) is 9.58. The highest BCUT2D eigenvalue weighted by Crippen LogP contribution is 2.25. The minimum atomic E-state index is -3.09. The predicted octanol–water partition coefficient (Wildman–Crippen LogP) is 2.66. The molecule has 144 valence electrons. The van der Waals surface area contributed by atoms with Crippen molar-refractivity contribution in [2.24, 2.45) is 4.99 Å². The van der Waals surface area contributed by atoms with Crippen molar-refractivity contribution in [2.75, 3.05) is 25.1 Å². The molecule has 0 atom stereocenters. The molecule has 1 rings (SSSR count). The number of nitrogens with zero attached hydrogens (tertiary/aromatic N) is 1. The molecule has 2 N–H and O–H groups in total. The lowest BCUT2D eigenvalue weighted by atomic mass is 10.2. The first-order valence-electron chi connectivity index (χ1n) is 7.14. The number of nitrogens with one attached hydrogen (secondary N) is 2. The van der Waals surface area contributed by atoms with Gasteiger partial charge in [0.05, 0.1) is 12.3 Å². The number of rotatable bonds is 8. The maximum atomic E-state index is 12.4. The van der Waals surface area contributed by atoms with E-state index < -0.39 is 16.4 Å². The number of alkyl halides is 2. The van der Waals surface area contributed by atoms with Crippen molar-refractivity contribution >= 4 is 51.4 Å². The average Bonchev–Trinajstić information content (AvgIpc) is 2.45. The zero-order valence-electron chi connectivity index (χ0n) is 13.8. The Kier molecular flexibility index (Phi) is 11.3. The van der Waals surface area contributed by atoms with Crippen LogP contribution in [0, 0.1) is 0 Å². The van der Waals surface area contributed by atoms with Gasteiger partial charge >= 0.3 is 6.61 Å². The summed E-state index contributed by atoms with van der Waals surface area (Å²) < 4.78 is 51.6. The second-order valence-corrected chi connectivity index (χ2v) is 7.58. The van der Waals surface area contributed by atoms with Gasteiger partial charge in [-0.25, -0.2) is 13.4 Å². The Morgan fingerprint density at radius 3 is 2.60 bits per heavy atom. The smallest absolute Gasteiger partial charge is 0.387 e. The molecule has 1 aromatic carbocycles. The van der Waals surface area contributed by atoms with Crippen LogP contribution in [0.1, 0.15) is 12.5 Å². The standard InChI is InChI=1S/C14H20ClF2N3O3S.HI/c1-3-18-14(19-6-7-24(2,21)22)20-9-10-8-11(15)4-5-12(10)23-13(16)17;/h4-5,8,13H,3,6-7,9H2,1-2H3,(H2,18,19,20);1H. The molecule has 0 spiro atoms. The van der Waals surface area contributed by atoms with Gasteiger partial charge in [0.25, 0.3) is 0 Å². The van der Waals surface area contributed by atoms with E-state index in [1.807, 2.05) is 6.92 Å². The summed E-state index contributed by atoms with van der Waals surface area (Å²) in [6, 6.07) is 4.29. The molecule has 0 saturated heterocycles. The predicted molar refractivity (Wildman–Crippen MR) is 106 cm³/mol. The second kappa shape index (κ2) is 11.7. The van der Waals surface area contributed by atoms with Crippen LogP contribution in [-0.2, 0) is 16.4 Å². The largest absolute Gasteiger partial charge is 0.434 e. The number of sulfone groups is 1. The molecule has 0 radical (unpaired) electrons. The van der Waals surface area contributed by atoms with Gasteiger partial charge < -0.3 is 15.4 Å². The van der Waals surface area contributed by atoms with Crippen LogP contribution < -0.4 is 15.4 Å². The van der Waals surface area contributed by atoms with Crippen LogP contribution in [0.25, 0.3) is 0 Å². The monoisotopic (exact) mass is 511 g/mol. The maximum absolute atomic E-state index is 12.4. The number of benzene rings is 1. The Morgan fingerprint density at radius 1 is 1.36 bits per heavy atom. The molecule has 0 aliphatic heterocycles. The van der Waals surface area contributed by atoms with Gasteiger partial charge in [0.15, 0.2) is 5.96 Å². The van der Waals surface area contributed by atoms with Gasteiger partial charge in [-0.3, -0.25) is 0 Å². The molecule has 0 unspecified atom stereocenters. The van der Waals surface area contributed by atoms with Crippen molar-refractivity contribution in [1.29, 1.82) is 0 Å². The molecule has 0 amide bonds. The number of hydrogen-bond donors (Lipinski definition) is 2. The average molecular weight is 512 g/mol. The molecular formula is C14H21ClF2IN3O3S. The number of hydrogen-bond acceptors (Lipinski definition) is 4. The van der Waals surface area contributed by atoms with Crippen LogP contribution in [0.15, 0.2) is 23.2 Å². The van der Waals surface area contributed by atoms with Crippen LogP contribution in [0.3, 0.4) is 0 Å². The van der Waals surface area contributed by atoms with Crippen molar-refractivity contribution in [3.05, 3.63) is 28.8 Å². The summed E-state index contributed by atoms with van der Waals surface area (Å²) in [5, 5.41) is 6.17. The second-order valence-electron chi connectivity index (χ2n) is 4.88. The number of ether oxygens (including phenoxy) is 1. The van der Waals surface area contributed by atoms with E-state index >= 15 is 0 Å². The Labute approximate surface area is 168 Å². The van der Waals surface area contributed by atoms with E-state index in [1.165, 1.54) is 18.2 Å².